The summed E-state index contributed by atoms with van der Waals surface area (Å²) in [6.07, 6.45) is 0. The molecule has 2 aromatic carbocycles. The maximum atomic E-state index is 13.1. The summed E-state index contributed by atoms with van der Waals surface area (Å²) in [5, 5.41) is 8.77. The van der Waals surface area contributed by atoms with Crippen molar-refractivity contribution in [2.24, 2.45) is 5.92 Å². The molecule has 0 aliphatic rings. The lowest BCUT2D eigenvalue weighted by Gasteiger charge is -2.23. The third-order valence-electron chi connectivity index (χ3n) is 3.47. The number of nitriles is 1. The van der Waals surface area contributed by atoms with Gasteiger partial charge in [0.15, 0.2) is 0 Å². The number of benzene rings is 2. The van der Waals surface area contributed by atoms with E-state index >= 15 is 0 Å². The monoisotopic (exact) mass is 332 g/mol. The van der Waals surface area contributed by atoms with Crippen LogP contribution in [0.1, 0.15) is 31.0 Å². The smallest absolute Gasteiger partial charge is 0.207 e. The van der Waals surface area contributed by atoms with Crippen LogP contribution in [0.15, 0.2) is 53.4 Å². The molecule has 0 aliphatic carbocycles. The highest BCUT2D eigenvalue weighted by Gasteiger charge is 2.24. The summed E-state index contributed by atoms with van der Waals surface area (Å²) in [6.45, 7) is 3.77. The predicted molar refractivity (Wildman–Crippen MR) is 85.5 cm³/mol. The lowest BCUT2D eigenvalue weighted by atomic mass is 9.97. The molecule has 1 atom stereocenters. The fourth-order valence-corrected chi connectivity index (χ4v) is 3.58. The molecule has 0 aliphatic heterocycles. The molecule has 0 aromatic heterocycles. The summed E-state index contributed by atoms with van der Waals surface area (Å²) in [6, 6.07) is 12.9. The van der Waals surface area contributed by atoms with Crippen molar-refractivity contribution in [3.05, 3.63) is 65.5 Å². The molecule has 1 unspecified atom stereocenters. The standard InChI is InChI=1S/C17H17FN2O2S/c1-12(2)17(14-5-7-15(18)8-6-14)20-23(21,22)16-9-3-13(11-19)4-10-16/h3-10,12,17,20H,1-2H3. The first kappa shape index (κ1) is 17.1. The average Bonchev–Trinajstić information content (AvgIpc) is 2.53. The highest BCUT2D eigenvalue weighted by molar-refractivity contribution is 7.89. The molecule has 0 heterocycles. The molecular weight excluding hydrogens is 315 g/mol. The minimum Gasteiger partial charge on any atom is -0.207 e. The molecule has 6 heteroatoms. The van der Waals surface area contributed by atoms with Crippen LogP contribution >= 0.6 is 0 Å². The topological polar surface area (TPSA) is 70.0 Å². The second kappa shape index (κ2) is 6.90. The van der Waals surface area contributed by atoms with Crippen LogP contribution < -0.4 is 4.72 Å². The van der Waals surface area contributed by atoms with E-state index in [1.807, 2.05) is 19.9 Å². The Morgan fingerprint density at radius 3 is 2.09 bits per heavy atom. The Morgan fingerprint density at radius 2 is 1.61 bits per heavy atom. The summed E-state index contributed by atoms with van der Waals surface area (Å²) in [5.41, 5.74) is 1.08. The van der Waals surface area contributed by atoms with Gasteiger partial charge < -0.3 is 0 Å². The Kier molecular flexibility index (Phi) is 5.14. The Bertz CT molecular complexity index is 807. The van der Waals surface area contributed by atoms with Gasteiger partial charge in [0.25, 0.3) is 0 Å². The van der Waals surface area contributed by atoms with E-state index in [1.54, 1.807) is 12.1 Å². The summed E-state index contributed by atoms with van der Waals surface area (Å²) < 4.78 is 40.7. The van der Waals surface area contributed by atoms with Crippen LogP contribution in [-0.4, -0.2) is 8.42 Å². The number of rotatable bonds is 5. The summed E-state index contributed by atoms with van der Waals surface area (Å²) in [5.74, 6) is -0.389. The SMILES string of the molecule is CC(C)C(NS(=O)(=O)c1ccc(C#N)cc1)c1ccc(F)cc1. The Balaban J connectivity index is 2.31. The first-order chi connectivity index (χ1) is 10.8. The largest absolute Gasteiger partial charge is 0.241 e. The molecule has 0 saturated carbocycles. The van der Waals surface area contributed by atoms with Crippen LogP contribution in [-0.2, 0) is 10.0 Å². The van der Waals surface area contributed by atoms with E-state index in [-0.39, 0.29) is 16.6 Å². The fraction of sp³-hybridized carbons (Fsp3) is 0.235. The molecule has 0 spiro atoms. The first-order valence-corrected chi connectivity index (χ1v) is 8.60. The van der Waals surface area contributed by atoms with Crippen LogP contribution in [0.4, 0.5) is 4.39 Å². The van der Waals surface area contributed by atoms with Crippen molar-refractivity contribution in [3.63, 3.8) is 0 Å². The van der Waals surface area contributed by atoms with E-state index < -0.39 is 16.1 Å². The number of hydrogen-bond donors (Lipinski definition) is 1. The molecule has 0 amide bonds. The molecule has 0 fully saturated rings. The van der Waals surface area contributed by atoms with Crippen molar-refractivity contribution in [3.8, 4) is 6.07 Å². The van der Waals surface area contributed by atoms with Crippen molar-refractivity contribution in [1.29, 1.82) is 5.26 Å². The maximum absolute atomic E-state index is 13.1. The van der Waals surface area contributed by atoms with Gasteiger partial charge in [0.1, 0.15) is 5.82 Å². The zero-order valence-corrected chi connectivity index (χ0v) is 13.6. The fourth-order valence-electron chi connectivity index (χ4n) is 2.20. The molecule has 120 valence electrons. The summed E-state index contributed by atoms with van der Waals surface area (Å²) in [7, 11) is -3.74. The van der Waals surface area contributed by atoms with Crippen LogP contribution in [0.3, 0.4) is 0 Å². The lowest BCUT2D eigenvalue weighted by molar-refractivity contribution is 0.462. The van der Waals surface area contributed by atoms with Gasteiger partial charge in [-0.2, -0.15) is 5.26 Å². The second-order valence-electron chi connectivity index (χ2n) is 5.53. The van der Waals surface area contributed by atoms with Crippen LogP contribution in [0.5, 0.6) is 0 Å². The number of sulfonamides is 1. The lowest BCUT2D eigenvalue weighted by Crippen LogP contribution is -2.31. The molecule has 2 rings (SSSR count). The molecule has 0 bridgehead atoms. The molecule has 23 heavy (non-hydrogen) atoms. The van der Waals surface area contributed by atoms with Crippen LogP contribution in [0.2, 0.25) is 0 Å². The zero-order chi connectivity index (χ0) is 17.0. The van der Waals surface area contributed by atoms with Gasteiger partial charge in [0, 0.05) is 6.04 Å². The molecule has 2 aromatic rings. The summed E-state index contributed by atoms with van der Waals surface area (Å²) >= 11 is 0. The quantitative estimate of drug-likeness (QED) is 0.912. The van der Waals surface area contributed by atoms with Crippen molar-refractivity contribution < 1.29 is 12.8 Å². The summed E-state index contributed by atoms with van der Waals surface area (Å²) in [4.78, 5) is 0.0873. The van der Waals surface area contributed by atoms with E-state index in [0.717, 1.165) is 0 Å². The third-order valence-corrected chi connectivity index (χ3v) is 4.93. The van der Waals surface area contributed by atoms with E-state index in [9.17, 15) is 12.8 Å². The predicted octanol–water partition coefficient (Wildman–Crippen LogP) is 3.37. The van der Waals surface area contributed by atoms with Gasteiger partial charge in [-0.25, -0.2) is 17.5 Å². The normalized spacial score (nSPS) is 12.8. The second-order valence-corrected chi connectivity index (χ2v) is 7.24. The van der Waals surface area contributed by atoms with Crippen molar-refractivity contribution in [2.45, 2.75) is 24.8 Å². The minimum atomic E-state index is -3.74. The number of halogens is 1. The average molecular weight is 332 g/mol. The maximum Gasteiger partial charge on any atom is 0.241 e. The van der Waals surface area contributed by atoms with Crippen LogP contribution in [0, 0.1) is 23.1 Å². The number of hydrogen-bond acceptors (Lipinski definition) is 3. The Hall–Kier alpha value is -2.23. The van der Waals surface area contributed by atoms with Gasteiger partial charge in [0.2, 0.25) is 10.0 Å². The van der Waals surface area contributed by atoms with Crippen LogP contribution in [0.25, 0.3) is 0 Å². The minimum absolute atomic E-state index is 0.0198. The third kappa shape index (κ3) is 4.15. The van der Waals surface area contributed by atoms with Gasteiger partial charge in [-0.1, -0.05) is 26.0 Å². The first-order valence-electron chi connectivity index (χ1n) is 7.11. The van der Waals surface area contributed by atoms with E-state index in [4.69, 9.17) is 5.26 Å². The number of nitrogens with zero attached hydrogens (tertiary/aromatic N) is 1. The van der Waals surface area contributed by atoms with E-state index in [1.165, 1.54) is 36.4 Å². The molecule has 0 saturated heterocycles. The van der Waals surface area contributed by atoms with Gasteiger partial charge in [0.05, 0.1) is 16.5 Å². The van der Waals surface area contributed by atoms with E-state index in [0.29, 0.717) is 11.1 Å². The highest BCUT2D eigenvalue weighted by atomic mass is 32.2. The Morgan fingerprint density at radius 1 is 1.04 bits per heavy atom. The van der Waals surface area contributed by atoms with E-state index in [2.05, 4.69) is 4.72 Å². The van der Waals surface area contributed by atoms with Crippen molar-refractivity contribution >= 4 is 10.0 Å². The zero-order valence-electron chi connectivity index (χ0n) is 12.8. The van der Waals surface area contributed by atoms with Crippen molar-refractivity contribution in [2.75, 3.05) is 0 Å². The highest BCUT2D eigenvalue weighted by Crippen LogP contribution is 2.24. The van der Waals surface area contributed by atoms with Gasteiger partial charge >= 0.3 is 0 Å². The molecule has 0 radical (unpaired) electrons. The molecule has 1 N–H and O–H groups in total. The molecule has 4 nitrogen and oxygen atoms in total. The van der Waals surface area contributed by atoms with Crippen molar-refractivity contribution in [1.82, 2.24) is 4.72 Å². The van der Waals surface area contributed by atoms with Gasteiger partial charge in [-0.05, 0) is 47.9 Å². The van der Waals surface area contributed by atoms with Gasteiger partial charge in [-0.3, -0.25) is 0 Å². The number of nitrogens with one attached hydrogen (secondary N) is 1. The van der Waals surface area contributed by atoms with Gasteiger partial charge in [-0.15, -0.1) is 0 Å². The molecular formula is C17H17FN2O2S. The Labute approximate surface area is 135 Å².